The Kier molecular flexibility index (Phi) is 5.82. The molecule has 0 saturated carbocycles. The predicted octanol–water partition coefficient (Wildman–Crippen LogP) is 4.02. The van der Waals surface area contributed by atoms with Crippen LogP contribution in [0.15, 0.2) is 16.6 Å². The van der Waals surface area contributed by atoms with E-state index in [2.05, 4.69) is 21.0 Å². The van der Waals surface area contributed by atoms with E-state index in [1.165, 1.54) is 0 Å². The van der Waals surface area contributed by atoms with Crippen LogP contribution in [-0.4, -0.2) is 27.9 Å². The lowest BCUT2D eigenvalue weighted by atomic mass is 10.2. The molecule has 0 unspecified atom stereocenters. The van der Waals surface area contributed by atoms with Crippen molar-refractivity contribution < 1.29 is 14.4 Å². The summed E-state index contributed by atoms with van der Waals surface area (Å²) in [5.41, 5.74) is 1.89. The van der Waals surface area contributed by atoms with Crippen LogP contribution in [0.3, 0.4) is 0 Å². The highest BCUT2D eigenvalue weighted by Crippen LogP contribution is 2.35. The van der Waals surface area contributed by atoms with Gasteiger partial charge in [0.15, 0.2) is 11.5 Å². The fourth-order valence-electron chi connectivity index (χ4n) is 2.50. The van der Waals surface area contributed by atoms with Gasteiger partial charge in [0.1, 0.15) is 11.4 Å². The summed E-state index contributed by atoms with van der Waals surface area (Å²) in [7, 11) is 0. The molecule has 0 radical (unpaired) electrons. The lowest BCUT2D eigenvalue weighted by Gasteiger charge is -2.14. The van der Waals surface area contributed by atoms with Crippen molar-refractivity contribution in [2.75, 3.05) is 13.2 Å². The van der Waals surface area contributed by atoms with Gasteiger partial charge in [-0.15, -0.1) is 0 Å². The molecule has 7 nitrogen and oxygen atoms in total. The maximum Gasteiger partial charge on any atom is 0.312 e. The average molecular weight is 398 g/mol. The normalized spacial score (nSPS) is 10.7. The number of nitro groups is 1. The Morgan fingerprint density at radius 3 is 2.29 bits per heavy atom. The van der Waals surface area contributed by atoms with E-state index in [9.17, 15) is 10.1 Å². The highest BCUT2D eigenvalue weighted by Gasteiger charge is 2.22. The van der Waals surface area contributed by atoms with Gasteiger partial charge < -0.3 is 9.47 Å². The van der Waals surface area contributed by atoms with Gasteiger partial charge in [0.25, 0.3) is 0 Å². The molecule has 0 aliphatic carbocycles. The number of ether oxygens (including phenoxy) is 2. The van der Waals surface area contributed by atoms with E-state index in [0.717, 1.165) is 10.0 Å². The van der Waals surface area contributed by atoms with Crippen LogP contribution >= 0.6 is 15.9 Å². The minimum atomic E-state index is -0.396. The number of hydrogen-bond acceptors (Lipinski definition) is 5. The van der Waals surface area contributed by atoms with Crippen LogP contribution < -0.4 is 9.47 Å². The first-order chi connectivity index (χ1) is 11.4. The maximum absolute atomic E-state index is 11.1. The van der Waals surface area contributed by atoms with Gasteiger partial charge in [0.2, 0.25) is 0 Å². The highest BCUT2D eigenvalue weighted by molar-refractivity contribution is 9.10. The van der Waals surface area contributed by atoms with E-state index >= 15 is 0 Å². The number of halogens is 1. The predicted molar refractivity (Wildman–Crippen MR) is 93.9 cm³/mol. The molecule has 0 bridgehead atoms. The minimum Gasteiger partial charge on any atom is -0.490 e. The molecule has 130 valence electrons. The third kappa shape index (κ3) is 3.69. The fourth-order valence-corrected chi connectivity index (χ4v) is 2.95. The molecule has 1 aromatic carbocycles. The fraction of sp³-hybridized carbons (Fsp3) is 0.438. The van der Waals surface area contributed by atoms with Gasteiger partial charge >= 0.3 is 5.69 Å². The third-order valence-electron chi connectivity index (χ3n) is 3.56. The molecular weight excluding hydrogens is 378 g/mol. The van der Waals surface area contributed by atoms with Gasteiger partial charge in [-0.1, -0.05) is 15.9 Å². The second-order valence-corrected chi connectivity index (χ2v) is 6.04. The van der Waals surface area contributed by atoms with Crippen molar-refractivity contribution >= 4 is 21.6 Å². The molecule has 1 heterocycles. The van der Waals surface area contributed by atoms with Crippen molar-refractivity contribution in [1.29, 1.82) is 0 Å². The molecular formula is C16H20BrN3O4. The number of rotatable bonds is 7. The van der Waals surface area contributed by atoms with E-state index in [0.29, 0.717) is 42.6 Å². The number of aromatic nitrogens is 2. The monoisotopic (exact) mass is 397 g/mol. The Hall–Kier alpha value is -2.09. The molecule has 0 fully saturated rings. The number of nitrogens with zero attached hydrogens (tertiary/aromatic N) is 3. The van der Waals surface area contributed by atoms with Gasteiger partial charge in [-0.25, -0.2) is 0 Å². The summed E-state index contributed by atoms with van der Waals surface area (Å²) in [4.78, 5) is 10.7. The number of hydrogen-bond donors (Lipinski definition) is 0. The van der Waals surface area contributed by atoms with Crippen molar-refractivity contribution in [2.45, 2.75) is 34.2 Å². The highest BCUT2D eigenvalue weighted by atomic mass is 79.9. The summed E-state index contributed by atoms with van der Waals surface area (Å²) >= 11 is 3.53. The molecule has 0 spiro atoms. The molecule has 8 heteroatoms. The standard InChI is InChI=1S/C16H20BrN3O4/c1-5-23-14-7-12(13(17)8-15(14)24-6-2)9-19-11(4)16(20(21)22)10(3)18-19/h7-8H,5-6,9H2,1-4H3. The Labute approximate surface area is 148 Å². The first-order valence-electron chi connectivity index (χ1n) is 7.65. The van der Waals surface area contributed by atoms with E-state index < -0.39 is 4.92 Å². The maximum atomic E-state index is 11.1. The molecule has 2 aromatic rings. The molecule has 0 saturated heterocycles. The number of aryl methyl sites for hydroxylation is 1. The number of benzene rings is 1. The van der Waals surface area contributed by atoms with Crippen LogP contribution in [0.5, 0.6) is 11.5 Å². The summed E-state index contributed by atoms with van der Waals surface area (Å²) in [5.74, 6) is 1.31. The van der Waals surface area contributed by atoms with Gasteiger partial charge in [-0.05, 0) is 45.4 Å². The van der Waals surface area contributed by atoms with Crippen LogP contribution in [0.1, 0.15) is 30.8 Å². The molecule has 0 atom stereocenters. The zero-order valence-electron chi connectivity index (χ0n) is 14.1. The second-order valence-electron chi connectivity index (χ2n) is 5.19. The third-order valence-corrected chi connectivity index (χ3v) is 4.30. The summed E-state index contributed by atoms with van der Waals surface area (Å²) in [5, 5.41) is 15.4. The van der Waals surface area contributed by atoms with E-state index in [1.807, 2.05) is 26.0 Å². The van der Waals surface area contributed by atoms with Gasteiger partial charge in [-0.2, -0.15) is 5.10 Å². The quantitative estimate of drug-likeness (QED) is 0.520. The SMILES string of the molecule is CCOc1cc(Br)c(Cn2nc(C)c([N+](=O)[O-])c2C)cc1OCC. The Morgan fingerprint density at radius 1 is 1.21 bits per heavy atom. The zero-order valence-corrected chi connectivity index (χ0v) is 15.7. The van der Waals surface area contributed by atoms with Crippen molar-refractivity contribution in [3.8, 4) is 11.5 Å². The van der Waals surface area contributed by atoms with E-state index in [-0.39, 0.29) is 5.69 Å². The Bertz CT molecular complexity index is 758. The van der Waals surface area contributed by atoms with E-state index in [1.54, 1.807) is 18.5 Å². The van der Waals surface area contributed by atoms with Gasteiger partial charge in [-0.3, -0.25) is 14.8 Å². The minimum absolute atomic E-state index is 0.0575. The first-order valence-corrected chi connectivity index (χ1v) is 8.44. The van der Waals surface area contributed by atoms with Crippen molar-refractivity contribution in [3.05, 3.63) is 43.7 Å². The summed E-state index contributed by atoms with van der Waals surface area (Å²) in [6, 6.07) is 3.73. The van der Waals surface area contributed by atoms with Gasteiger partial charge in [0.05, 0.1) is 24.7 Å². The average Bonchev–Trinajstić information content (AvgIpc) is 2.78. The van der Waals surface area contributed by atoms with Crippen LogP contribution in [-0.2, 0) is 6.54 Å². The molecule has 24 heavy (non-hydrogen) atoms. The van der Waals surface area contributed by atoms with Crippen molar-refractivity contribution in [1.82, 2.24) is 9.78 Å². The summed E-state index contributed by atoms with van der Waals surface area (Å²) in [6.45, 7) is 8.61. The molecule has 1 aromatic heterocycles. The van der Waals surface area contributed by atoms with E-state index in [4.69, 9.17) is 9.47 Å². The van der Waals surface area contributed by atoms with Gasteiger partial charge in [0, 0.05) is 4.47 Å². The lowest BCUT2D eigenvalue weighted by molar-refractivity contribution is -0.386. The van der Waals surface area contributed by atoms with Crippen LogP contribution in [0.2, 0.25) is 0 Å². The van der Waals surface area contributed by atoms with Crippen molar-refractivity contribution in [3.63, 3.8) is 0 Å². The van der Waals surface area contributed by atoms with Crippen LogP contribution in [0, 0.1) is 24.0 Å². The Balaban J connectivity index is 2.41. The van der Waals surface area contributed by atoms with Crippen LogP contribution in [0.25, 0.3) is 0 Å². The molecule has 0 N–H and O–H groups in total. The lowest BCUT2D eigenvalue weighted by Crippen LogP contribution is -2.06. The molecule has 0 aliphatic rings. The Morgan fingerprint density at radius 2 is 1.79 bits per heavy atom. The largest absolute Gasteiger partial charge is 0.490 e. The topological polar surface area (TPSA) is 79.4 Å². The zero-order chi connectivity index (χ0) is 17.9. The molecule has 2 rings (SSSR count). The van der Waals surface area contributed by atoms with Crippen LogP contribution in [0.4, 0.5) is 5.69 Å². The summed E-state index contributed by atoms with van der Waals surface area (Å²) < 4.78 is 13.7. The molecule has 0 amide bonds. The second kappa shape index (κ2) is 7.65. The smallest absolute Gasteiger partial charge is 0.312 e. The molecule has 0 aliphatic heterocycles. The van der Waals surface area contributed by atoms with Crippen molar-refractivity contribution in [2.24, 2.45) is 0 Å². The summed E-state index contributed by atoms with van der Waals surface area (Å²) in [6.07, 6.45) is 0. The first kappa shape index (κ1) is 18.3.